The van der Waals surface area contributed by atoms with E-state index in [1.165, 1.54) is 41.8 Å². The van der Waals surface area contributed by atoms with Crippen LogP contribution in [0.25, 0.3) is 5.00 Å². The van der Waals surface area contributed by atoms with Crippen molar-refractivity contribution in [2.75, 3.05) is 6.54 Å². The lowest BCUT2D eigenvalue weighted by molar-refractivity contribution is -0.159. The fourth-order valence-corrected chi connectivity index (χ4v) is 4.47. The summed E-state index contributed by atoms with van der Waals surface area (Å²) in [6, 6.07) is 6.70. The molecular formula is C20H25N3O4S. The molecule has 0 aliphatic heterocycles. The summed E-state index contributed by atoms with van der Waals surface area (Å²) in [5.41, 5.74) is 3.46. The summed E-state index contributed by atoms with van der Waals surface area (Å²) in [5.74, 6) is -3.65. The van der Waals surface area contributed by atoms with Crippen molar-refractivity contribution in [1.82, 2.24) is 9.88 Å². The van der Waals surface area contributed by atoms with E-state index in [0.717, 1.165) is 36.5 Å². The first-order valence-electron chi connectivity index (χ1n) is 9.37. The fourth-order valence-electron chi connectivity index (χ4n) is 3.11. The predicted octanol–water partition coefficient (Wildman–Crippen LogP) is 3.33. The van der Waals surface area contributed by atoms with Crippen LogP contribution in [0.4, 0.5) is 0 Å². The number of fused-ring (bicyclic) bond motifs is 1. The molecule has 3 rings (SSSR count). The second-order valence-corrected chi connectivity index (χ2v) is 7.60. The molecule has 7 nitrogen and oxygen atoms in total. The van der Waals surface area contributed by atoms with Gasteiger partial charge in [-0.2, -0.15) is 5.26 Å². The first-order valence-corrected chi connectivity index (χ1v) is 10.2. The zero-order valence-electron chi connectivity index (χ0n) is 15.9. The van der Waals surface area contributed by atoms with E-state index in [2.05, 4.69) is 41.2 Å². The number of nitriles is 1. The van der Waals surface area contributed by atoms with Gasteiger partial charge in [-0.05, 0) is 56.3 Å². The number of hydrogen-bond acceptors (Lipinski definition) is 5. The summed E-state index contributed by atoms with van der Waals surface area (Å²) >= 11 is 1.81. The maximum atomic E-state index is 9.63. The molecule has 8 heteroatoms. The van der Waals surface area contributed by atoms with Crippen LogP contribution in [-0.4, -0.2) is 33.3 Å². The average Bonchev–Trinajstić information content (AvgIpc) is 3.29. The lowest BCUT2D eigenvalue weighted by Gasteiger charge is -2.10. The van der Waals surface area contributed by atoms with Gasteiger partial charge in [0.1, 0.15) is 11.1 Å². The Morgan fingerprint density at radius 3 is 2.64 bits per heavy atom. The minimum absolute atomic E-state index is 0.862. The smallest absolute Gasteiger partial charge is 0.414 e. The molecule has 150 valence electrons. The van der Waals surface area contributed by atoms with Crippen LogP contribution < -0.4 is 5.32 Å². The summed E-state index contributed by atoms with van der Waals surface area (Å²) in [5, 5.41) is 29.0. The molecule has 0 spiro atoms. The highest BCUT2D eigenvalue weighted by atomic mass is 32.1. The minimum atomic E-state index is -1.82. The Balaban J connectivity index is 0.000000409. The second kappa shape index (κ2) is 10.6. The standard InChI is InChI=1S/C18H23N3S.C2H2O4/c1-2-3-10-20-13-14-7-6-11-21(14)18-16(12-19)15-8-4-5-9-17(15)22-18;3-1(4)2(5)6/h6-7,11,20H,2-5,8-10,13H2,1H3;(H,3,4)(H,5,6). The van der Waals surface area contributed by atoms with Crippen LogP contribution in [0.2, 0.25) is 0 Å². The molecule has 0 atom stereocenters. The summed E-state index contributed by atoms with van der Waals surface area (Å²) in [6.45, 7) is 4.12. The zero-order chi connectivity index (χ0) is 20.5. The number of nitrogens with one attached hydrogen (secondary N) is 1. The maximum Gasteiger partial charge on any atom is 0.414 e. The number of unbranched alkanes of at least 4 members (excludes halogenated alkanes) is 1. The van der Waals surface area contributed by atoms with E-state index in [0.29, 0.717) is 0 Å². The molecule has 2 heterocycles. The number of aryl methyl sites for hydroxylation is 1. The second-order valence-electron chi connectivity index (χ2n) is 6.51. The highest BCUT2D eigenvalue weighted by molar-refractivity contribution is 7.15. The molecule has 0 fully saturated rings. The number of rotatable bonds is 6. The molecule has 0 radical (unpaired) electrons. The van der Waals surface area contributed by atoms with E-state index < -0.39 is 11.9 Å². The molecule has 3 N–H and O–H groups in total. The van der Waals surface area contributed by atoms with Crippen molar-refractivity contribution in [3.05, 3.63) is 40.0 Å². The van der Waals surface area contributed by atoms with Crippen LogP contribution in [0.5, 0.6) is 0 Å². The molecule has 2 aromatic rings. The van der Waals surface area contributed by atoms with Gasteiger partial charge in [-0.1, -0.05) is 13.3 Å². The van der Waals surface area contributed by atoms with E-state index in [1.807, 2.05) is 11.3 Å². The van der Waals surface area contributed by atoms with Crippen molar-refractivity contribution in [1.29, 1.82) is 5.26 Å². The normalized spacial score (nSPS) is 12.4. The number of carbonyl (C=O) groups is 2. The summed E-state index contributed by atoms with van der Waals surface area (Å²) in [6.07, 6.45) is 9.20. The van der Waals surface area contributed by atoms with Crippen LogP contribution >= 0.6 is 11.3 Å². The Labute approximate surface area is 168 Å². The summed E-state index contributed by atoms with van der Waals surface area (Å²) in [7, 11) is 0. The Morgan fingerprint density at radius 1 is 1.29 bits per heavy atom. The molecule has 0 aromatic carbocycles. The lowest BCUT2D eigenvalue weighted by Crippen LogP contribution is -2.16. The van der Waals surface area contributed by atoms with Crippen molar-refractivity contribution < 1.29 is 19.8 Å². The summed E-state index contributed by atoms with van der Waals surface area (Å²) in [4.78, 5) is 19.6. The van der Waals surface area contributed by atoms with E-state index >= 15 is 0 Å². The van der Waals surface area contributed by atoms with E-state index in [1.54, 1.807) is 0 Å². The van der Waals surface area contributed by atoms with Gasteiger partial charge in [-0.3, -0.25) is 0 Å². The minimum Gasteiger partial charge on any atom is -0.473 e. The molecule has 0 amide bonds. The third-order valence-electron chi connectivity index (χ3n) is 4.51. The Morgan fingerprint density at radius 2 is 2.00 bits per heavy atom. The monoisotopic (exact) mass is 403 g/mol. The van der Waals surface area contributed by atoms with Crippen molar-refractivity contribution in [3.8, 4) is 11.1 Å². The van der Waals surface area contributed by atoms with Crippen LogP contribution in [0.3, 0.4) is 0 Å². The molecule has 0 saturated heterocycles. The zero-order valence-corrected chi connectivity index (χ0v) is 16.7. The van der Waals surface area contributed by atoms with Crippen LogP contribution in [-0.2, 0) is 29.0 Å². The third kappa shape index (κ3) is 5.44. The highest BCUT2D eigenvalue weighted by Crippen LogP contribution is 2.36. The van der Waals surface area contributed by atoms with Gasteiger partial charge in [-0.15, -0.1) is 11.3 Å². The van der Waals surface area contributed by atoms with E-state index in [-0.39, 0.29) is 0 Å². The van der Waals surface area contributed by atoms with Gasteiger partial charge in [0, 0.05) is 23.3 Å². The quantitative estimate of drug-likeness (QED) is 0.503. The molecular weight excluding hydrogens is 378 g/mol. The number of aliphatic carboxylic acids is 2. The molecule has 1 aliphatic rings. The van der Waals surface area contributed by atoms with Crippen LogP contribution in [0.1, 0.15) is 54.3 Å². The number of carboxylic acids is 2. The first kappa shape index (κ1) is 21.7. The molecule has 28 heavy (non-hydrogen) atoms. The van der Waals surface area contributed by atoms with Crippen molar-refractivity contribution >= 4 is 23.3 Å². The maximum absolute atomic E-state index is 9.63. The molecule has 0 bridgehead atoms. The van der Waals surface area contributed by atoms with E-state index in [9.17, 15) is 5.26 Å². The molecule has 2 aromatic heterocycles. The van der Waals surface area contributed by atoms with E-state index in [4.69, 9.17) is 19.8 Å². The Hall–Kier alpha value is -2.63. The van der Waals surface area contributed by atoms with Gasteiger partial charge in [0.2, 0.25) is 0 Å². The summed E-state index contributed by atoms with van der Waals surface area (Å²) < 4.78 is 2.21. The lowest BCUT2D eigenvalue weighted by atomic mass is 9.96. The van der Waals surface area contributed by atoms with Gasteiger partial charge >= 0.3 is 11.9 Å². The first-order chi connectivity index (χ1) is 13.5. The Kier molecular flexibility index (Phi) is 8.23. The van der Waals surface area contributed by atoms with Crippen molar-refractivity contribution in [2.24, 2.45) is 0 Å². The van der Waals surface area contributed by atoms with Crippen molar-refractivity contribution in [2.45, 2.75) is 52.0 Å². The number of hydrogen-bond donors (Lipinski definition) is 3. The van der Waals surface area contributed by atoms with Gasteiger partial charge < -0.3 is 20.1 Å². The van der Waals surface area contributed by atoms with Crippen LogP contribution in [0.15, 0.2) is 18.3 Å². The van der Waals surface area contributed by atoms with Gasteiger partial charge in [-0.25, -0.2) is 9.59 Å². The number of carboxylic acid groups (broad SMARTS) is 2. The van der Waals surface area contributed by atoms with Crippen LogP contribution in [0, 0.1) is 11.3 Å². The number of thiophene rings is 1. The van der Waals surface area contributed by atoms with Gasteiger partial charge in [0.05, 0.1) is 5.56 Å². The Bertz CT molecular complexity index is 851. The predicted molar refractivity (Wildman–Crippen MR) is 107 cm³/mol. The fraction of sp³-hybridized carbons (Fsp3) is 0.450. The average molecular weight is 404 g/mol. The SMILES string of the molecule is CCCCNCc1cccn1-c1sc2c(c1C#N)CCCC2.O=C(O)C(=O)O. The molecule has 1 aliphatic carbocycles. The van der Waals surface area contributed by atoms with Crippen molar-refractivity contribution in [3.63, 3.8) is 0 Å². The highest BCUT2D eigenvalue weighted by Gasteiger charge is 2.22. The number of nitrogens with zero attached hydrogens (tertiary/aromatic N) is 2. The largest absolute Gasteiger partial charge is 0.473 e. The molecule has 0 saturated carbocycles. The topological polar surface area (TPSA) is 115 Å². The van der Waals surface area contributed by atoms with Gasteiger partial charge in [0.25, 0.3) is 0 Å². The van der Waals surface area contributed by atoms with Gasteiger partial charge in [0.15, 0.2) is 0 Å². The third-order valence-corrected chi connectivity index (χ3v) is 5.80. The molecule has 0 unspecified atom stereocenters. The number of aromatic nitrogens is 1.